The number of H-pyrrole nitrogens is 1. The zero-order chi connectivity index (χ0) is 18.3. The Labute approximate surface area is 157 Å². The molecular formula is C20H23N7. The summed E-state index contributed by atoms with van der Waals surface area (Å²) in [6, 6.07) is 7.96. The summed E-state index contributed by atoms with van der Waals surface area (Å²) in [5, 5.41) is 18.8. The number of pyridine rings is 2. The van der Waals surface area contributed by atoms with Crippen molar-refractivity contribution in [2.75, 3.05) is 17.2 Å². The molecule has 4 heterocycles. The summed E-state index contributed by atoms with van der Waals surface area (Å²) in [6.07, 6.45) is 8.60. The van der Waals surface area contributed by atoms with Crippen molar-refractivity contribution in [1.29, 1.82) is 0 Å². The van der Waals surface area contributed by atoms with E-state index in [1.165, 1.54) is 18.4 Å². The van der Waals surface area contributed by atoms with Crippen molar-refractivity contribution in [2.24, 2.45) is 0 Å². The molecule has 7 heteroatoms. The number of aromatic nitrogens is 4. The maximum Gasteiger partial charge on any atom is 0.153 e. The molecule has 3 aromatic heterocycles. The van der Waals surface area contributed by atoms with Crippen molar-refractivity contribution < 1.29 is 0 Å². The summed E-state index contributed by atoms with van der Waals surface area (Å²) in [6.45, 7) is 2.89. The monoisotopic (exact) mass is 361 g/mol. The second-order valence-electron chi connectivity index (χ2n) is 7.61. The van der Waals surface area contributed by atoms with Crippen LogP contribution in [0.25, 0.3) is 10.9 Å². The predicted molar refractivity (Wildman–Crippen MR) is 107 cm³/mol. The quantitative estimate of drug-likeness (QED) is 0.567. The third-order valence-corrected chi connectivity index (χ3v) is 5.41. The van der Waals surface area contributed by atoms with E-state index < -0.39 is 0 Å². The molecule has 2 aliphatic rings. The van der Waals surface area contributed by atoms with E-state index in [0.717, 1.165) is 53.4 Å². The van der Waals surface area contributed by atoms with Crippen molar-refractivity contribution in [2.45, 2.75) is 38.1 Å². The molecule has 4 N–H and O–H groups in total. The molecule has 138 valence electrons. The zero-order valence-corrected chi connectivity index (χ0v) is 15.3. The van der Waals surface area contributed by atoms with E-state index >= 15 is 0 Å². The highest BCUT2D eigenvalue weighted by molar-refractivity contribution is 5.91. The van der Waals surface area contributed by atoms with Gasteiger partial charge in [-0.25, -0.2) is 4.98 Å². The maximum absolute atomic E-state index is 4.88. The summed E-state index contributed by atoms with van der Waals surface area (Å²) in [5.41, 5.74) is 3.42. The van der Waals surface area contributed by atoms with E-state index in [0.29, 0.717) is 0 Å². The molecule has 1 atom stereocenters. The zero-order valence-electron chi connectivity index (χ0n) is 15.3. The summed E-state index contributed by atoms with van der Waals surface area (Å²) in [7, 11) is 0. The fraction of sp³-hybridized carbons (Fsp3) is 0.350. The van der Waals surface area contributed by atoms with E-state index in [1.54, 1.807) is 0 Å². The Morgan fingerprint density at radius 2 is 2.19 bits per heavy atom. The molecule has 1 fully saturated rings. The summed E-state index contributed by atoms with van der Waals surface area (Å²) >= 11 is 0. The highest BCUT2D eigenvalue weighted by atomic mass is 15.2. The van der Waals surface area contributed by atoms with Gasteiger partial charge in [-0.2, -0.15) is 5.10 Å². The molecule has 0 saturated heterocycles. The Balaban J connectivity index is 1.53. The van der Waals surface area contributed by atoms with Gasteiger partial charge in [-0.15, -0.1) is 0 Å². The van der Waals surface area contributed by atoms with Crippen LogP contribution in [0.2, 0.25) is 0 Å². The van der Waals surface area contributed by atoms with Crippen LogP contribution >= 0.6 is 0 Å². The molecule has 5 rings (SSSR count). The number of aryl methyl sites for hydroxylation is 1. The van der Waals surface area contributed by atoms with Crippen LogP contribution in [0.1, 0.15) is 31.4 Å². The summed E-state index contributed by atoms with van der Waals surface area (Å²) < 4.78 is 0. The predicted octanol–water partition coefficient (Wildman–Crippen LogP) is 3.62. The number of aromatic amines is 1. The number of nitrogens with zero attached hydrogens (tertiary/aromatic N) is 3. The first-order chi connectivity index (χ1) is 13.2. The number of hydrogen-bond acceptors (Lipinski definition) is 6. The van der Waals surface area contributed by atoms with Crippen LogP contribution in [0.15, 0.2) is 42.2 Å². The number of anilines is 3. The van der Waals surface area contributed by atoms with Gasteiger partial charge in [0, 0.05) is 36.0 Å². The maximum atomic E-state index is 4.88. The van der Waals surface area contributed by atoms with Gasteiger partial charge < -0.3 is 16.0 Å². The standard InChI is InChI=1S/C20H23N7/c1-13-8-18(27-26-13)23-17-9-16-15(5-3-7-22-16)19(24-17)25-20-6-2-4-14(10-20)11-21-12-20/h3,5,7-9,11,21H,2,4,6,10,12H2,1H3,(H3,23,24,25,26,27). The molecule has 27 heavy (non-hydrogen) atoms. The van der Waals surface area contributed by atoms with Crippen LogP contribution in [0, 0.1) is 6.92 Å². The Morgan fingerprint density at radius 1 is 1.22 bits per heavy atom. The molecular weight excluding hydrogens is 338 g/mol. The second kappa shape index (κ2) is 6.26. The van der Waals surface area contributed by atoms with E-state index in [-0.39, 0.29) is 5.54 Å². The second-order valence-corrected chi connectivity index (χ2v) is 7.61. The van der Waals surface area contributed by atoms with Gasteiger partial charge in [0.2, 0.25) is 0 Å². The Morgan fingerprint density at radius 3 is 3.07 bits per heavy atom. The first-order valence-electron chi connectivity index (χ1n) is 9.43. The number of nitrogens with one attached hydrogen (secondary N) is 4. The van der Waals surface area contributed by atoms with Crippen molar-refractivity contribution in [1.82, 2.24) is 25.5 Å². The third-order valence-electron chi connectivity index (χ3n) is 5.41. The summed E-state index contributed by atoms with van der Waals surface area (Å²) in [5.74, 6) is 2.36. The van der Waals surface area contributed by atoms with Crippen LogP contribution in [-0.2, 0) is 0 Å². The number of fused-ring (bicyclic) bond motifs is 3. The lowest BCUT2D eigenvalue weighted by Gasteiger charge is -2.42. The molecule has 1 aliphatic heterocycles. The smallest absolute Gasteiger partial charge is 0.153 e. The van der Waals surface area contributed by atoms with Crippen LogP contribution in [0.4, 0.5) is 17.5 Å². The van der Waals surface area contributed by atoms with Gasteiger partial charge in [-0.1, -0.05) is 5.57 Å². The van der Waals surface area contributed by atoms with Crippen molar-refractivity contribution >= 4 is 28.4 Å². The highest BCUT2D eigenvalue weighted by Crippen LogP contribution is 2.37. The summed E-state index contributed by atoms with van der Waals surface area (Å²) in [4.78, 5) is 9.42. The van der Waals surface area contributed by atoms with E-state index in [9.17, 15) is 0 Å². The molecule has 0 spiro atoms. The molecule has 1 aliphatic carbocycles. The molecule has 1 unspecified atom stereocenters. The van der Waals surface area contributed by atoms with E-state index in [1.807, 2.05) is 31.3 Å². The van der Waals surface area contributed by atoms with Gasteiger partial charge >= 0.3 is 0 Å². The lowest BCUT2D eigenvalue weighted by molar-refractivity contribution is 0.348. The van der Waals surface area contributed by atoms with Crippen LogP contribution < -0.4 is 16.0 Å². The van der Waals surface area contributed by atoms with Crippen molar-refractivity contribution in [3.05, 3.63) is 47.9 Å². The molecule has 0 amide bonds. The third kappa shape index (κ3) is 3.09. The van der Waals surface area contributed by atoms with Gasteiger partial charge in [0.05, 0.1) is 11.1 Å². The minimum Gasteiger partial charge on any atom is -0.389 e. The normalized spacial score (nSPS) is 21.4. The average Bonchev–Trinajstić information content (AvgIpc) is 3.06. The molecule has 7 nitrogen and oxygen atoms in total. The molecule has 1 saturated carbocycles. The number of hydrogen-bond donors (Lipinski definition) is 4. The topological polar surface area (TPSA) is 90.6 Å². The largest absolute Gasteiger partial charge is 0.389 e. The Hall–Kier alpha value is -3.09. The first-order valence-corrected chi connectivity index (χ1v) is 9.43. The van der Waals surface area contributed by atoms with Crippen molar-refractivity contribution in [3.63, 3.8) is 0 Å². The molecule has 2 bridgehead atoms. The van der Waals surface area contributed by atoms with Crippen LogP contribution in [-0.4, -0.2) is 32.2 Å². The number of rotatable bonds is 4. The fourth-order valence-electron chi connectivity index (χ4n) is 4.18. The minimum absolute atomic E-state index is 0.0135. The minimum atomic E-state index is 0.0135. The molecule has 0 radical (unpaired) electrons. The van der Waals surface area contributed by atoms with Gasteiger partial charge in [-0.3, -0.25) is 10.1 Å². The van der Waals surface area contributed by atoms with Gasteiger partial charge in [-0.05, 0) is 50.9 Å². The van der Waals surface area contributed by atoms with E-state index in [2.05, 4.69) is 43.4 Å². The SMILES string of the molecule is Cc1cc(Nc2cc3ncccc3c(NC34CCCC(=CNC3)C4)n2)n[nH]1. The van der Waals surface area contributed by atoms with Gasteiger partial charge in [0.25, 0.3) is 0 Å². The van der Waals surface area contributed by atoms with Gasteiger partial charge in [0.1, 0.15) is 11.6 Å². The fourth-order valence-corrected chi connectivity index (χ4v) is 4.18. The lowest BCUT2D eigenvalue weighted by atomic mass is 9.77. The molecule has 3 aromatic rings. The van der Waals surface area contributed by atoms with Crippen LogP contribution in [0.3, 0.4) is 0 Å². The van der Waals surface area contributed by atoms with Gasteiger partial charge in [0.15, 0.2) is 5.82 Å². The first kappa shape index (κ1) is 16.1. The molecule has 0 aromatic carbocycles. The van der Waals surface area contributed by atoms with Crippen molar-refractivity contribution in [3.8, 4) is 0 Å². The van der Waals surface area contributed by atoms with E-state index in [4.69, 9.17) is 4.98 Å². The Kier molecular flexibility index (Phi) is 3.74. The highest BCUT2D eigenvalue weighted by Gasteiger charge is 2.36. The Bertz CT molecular complexity index is 1020. The van der Waals surface area contributed by atoms with Crippen LogP contribution in [0.5, 0.6) is 0 Å². The average molecular weight is 361 g/mol. The lowest BCUT2D eigenvalue weighted by Crippen LogP contribution is -2.51.